The normalized spacial score (nSPS) is 11.4. The van der Waals surface area contributed by atoms with Gasteiger partial charge < -0.3 is 24.3 Å². The van der Waals surface area contributed by atoms with E-state index in [2.05, 4.69) is 5.32 Å². The Hall–Kier alpha value is -2.77. The third kappa shape index (κ3) is 5.94. The van der Waals surface area contributed by atoms with Crippen molar-refractivity contribution in [2.45, 2.75) is 26.8 Å². The van der Waals surface area contributed by atoms with Crippen LogP contribution in [0.4, 0.5) is 4.79 Å². The van der Waals surface area contributed by atoms with Gasteiger partial charge in [-0.15, -0.1) is 0 Å². The first-order valence-corrected chi connectivity index (χ1v) is 8.38. The van der Waals surface area contributed by atoms with Gasteiger partial charge in [0.1, 0.15) is 5.75 Å². The average molecular weight is 367 g/mol. The highest BCUT2D eigenvalue weighted by molar-refractivity contribution is 5.96. The molecule has 0 aliphatic carbocycles. The van der Waals surface area contributed by atoms with Gasteiger partial charge in [-0.3, -0.25) is 9.59 Å². The van der Waals surface area contributed by atoms with Crippen LogP contribution in [0.15, 0.2) is 24.3 Å². The number of amides is 1. The number of hydrogen-bond acceptors (Lipinski definition) is 7. The SMILES string of the molecule is CCOC(=O)N[C@H](c1ccc(OC)cc1)C(C(=O)OCC)C(=O)OCC. The van der Waals surface area contributed by atoms with Crippen molar-refractivity contribution in [3.63, 3.8) is 0 Å². The molecule has 0 saturated heterocycles. The largest absolute Gasteiger partial charge is 0.497 e. The smallest absolute Gasteiger partial charge is 0.407 e. The zero-order chi connectivity index (χ0) is 19.5. The maximum absolute atomic E-state index is 12.4. The Kier molecular flexibility index (Phi) is 8.97. The van der Waals surface area contributed by atoms with E-state index in [4.69, 9.17) is 18.9 Å². The predicted octanol–water partition coefficient (Wildman–Crippen LogP) is 2.22. The van der Waals surface area contributed by atoms with Crippen LogP contribution in [0.3, 0.4) is 0 Å². The Morgan fingerprint density at radius 3 is 1.81 bits per heavy atom. The van der Waals surface area contributed by atoms with Crippen LogP contribution >= 0.6 is 0 Å². The summed E-state index contributed by atoms with van der Waals surface area (Å²) in [5.74, 6) is -2.35. The summed E-state index contributed by atoms with van der Waals surface area (Å²) in [4.78, 5) is 36.7. The Labute approximate surface area is 152 Å². The van der Waals surface area contributed by atoms with E-state index in [0.29, 0.717) is 11.3 Å². The first kappa shape index (κ1) is 21.3. The summed E-state index contributed by atoms with van der Waals surface area (Å²) in [5.41, 5.74) is 0.505. The molecule has 8 heteroatoms. The number of ether oxygens (including phenoxy) is 4. The summed E-state index contributed by atoms with van der Waals surface area (Å²) in [7, 11) is 1.52. The van der Waals surface area contributed by atoms with Crippen molar-refractivity contribution in [2.24, 2.45) is 5.92 Å². The molecule has 0 aliphatic rings. The summed E-state index contributed by atoms with van der Waals surface area (Å²) in [5, 5.41) is 2.55. The van der Waals surface area contributed by atoms with Crippen molar-refractivity contribution in [1.29, 1.82) is 0 Å². The van der Waals surface area contributed by atoms with Crippen LogP contribution in [0, 0.1) is 5.92 Å². The molecule has 1 N–H and O–H groups in total. The number of benzene rings is 1. The van der Waals surface area contributed by atoms with Crippen LogP contribution in [0.2, 0.25) is 0 Å². The zero-order valence-electron chi connectivity index (χ0n) is 15.4. The standard InChI is InChI=1S/C18H25NO7/c1-5-24-16(20)14(17(21)25-6-2)15(19-18(22)26-7-3)12-8-10-13(23-4)11-9-12/h8-11,14-15H,5-7H2,1-4H3,(H,19,22)/t15-/m1/s1. The monoisotopic (exact) mass is 367 g/mol. The van der Waals surface area contributed by atoms with Crippen LogP contribution in [0.25, 0.3) is 0 Å². The molecule has 1 rings (SSSR count). The number of methoxy groups -OCH3 is 1. The van der Waals surface area contributed by atoms with Crippen molar-refractivity contribution in [3.05, 3.63) is 29.8 Å². The third-order valence-electron chi connectivity index (χ3n) is 3.44. The molecule has 0 heterocycles. The highest BCUT2D eigenvalue weighted by Gasteiger charge is 2.39. The van der Waals surface area contributed by atoms with Crippen LogP contribution in [0.1, 0.15) is 32.4 Å². The van der Waals surface area contributed by atoms with Gasteiger partial charge in [0.05, 0.1) is 33.0 Å². The lowest BCUT2D eigenvalue weighted by molar-refractivity contribution is -0.163. The first-order valence-electron chi connectivity index (χ1n) is 8.38. The Morgan fingerprint density at radius 2 is 1.38 bits per heavy atom. The lowest BCUT2D eigenvalue weighted by Crippen LogP contribution is -2.42. The summed E-state index contributed by atoms with van der Waals surface area (Å²) >= 11 is 0. The van der Waals surface area contributed by atoms with E-state index in [1.807, 2.05) is 0 Å². The Morgan fingerprint density at radius 1 is 0.885 bits per heavy atom. The van der Waals surface area contributed by atoms with E-state index >= 15 is 0 Å². The van der Waals surface area contributed by atoms with Crippen molar-refractivity contribution < 1.29 is 33.3 Å². The first-order chi connectivity index (χ1) is 12.5. The number of carbonyl (C=O) groups excluding carboxylic acids is 3. The fourth-order valence-corrected chi connectivity index (χ4v) is 2.30. The molecule has 0 bridgehead atoms. The fourth-order valence-electron chi connectivity index (χ4n) is 2.30. The molecule has 0 radical (unpaired) electrons. The highest BCUT2D eigenvalue weighted by Crippen LogP contribution is 2.27. The second kappa shape index (κ2) is 11.0. The number of alkyl carbamates (subject to hydrolysis) is 1. The molecule has 0 fully saturated rings. The molecule has 26 heavy (non-hydrogen) atoms. The van der Waals surface area contributed by atoms with E-state index < -0.39 is 30.0 Å². The van der Waals surface area contributed by atoms with Gasteiger partial charge in [0.15, 0.2) is 5.92 Å². The van der Waals surface area contributed by atoms with Gasteiger partial charge in [-0.25, -0.2) is 4.79 Å². The van der Waals surface area contributed by atoms with Gasteiger partial charge >= 0.3 is 18.0 Å². The van der Waals surface area contributed by atoms with Gasteiger partial charge in [-0.1, -0.05) is 12.1 Å². The molecule has 144 valence electrons. The van der Waals surface area contributed by atoms with E-state index in [1.165, 1.54) is 7.11 Å². The van der Waals surface area contributed by atoms with Gasteiger partial charge in [0, 0.05) is 0 Å². The molecule has 0 spiro atoms. The number of esters is 2. The van der Waals surface area contributed by atoms with E-state index in [1.54, 1.807) is 45.0 Å². The molecule has 0 aromatic heterocycles. The minimum Gasteiger partial charge on any atom is -0.497 e. The lowest BCUT2D eigenvalue weighted by Gasteiger charge is -2.25. The molecule has 0 unspecified atom stereocenters. The fraction of sp³-hybridized carbons (Fsp3) is 0.500. The maximum Gasteiger partial charge on any atom is 0.407 e. The van der Waals surface area contributed by atoms with Gasteiger partial charge in [0.25, 0.3) is 0 Å². The minimum atomic E-state index is -1.37. The second-order valence-electron chi connectivity index (χ2n) is 5.10. The van der Waals surface area contributed by atoms with E-state index in [-0.39, 0.29) is 19.8 Å². The van der Waals surface area contributed by atoms with Crippen molar-refractivity contribution in [2.75, 3.05) is 26.9 Å². The molecular weight excluding hydrogens is 342 g/mol. The Balaban J connectivity index is 3.27. The maximum atomic E-state index is 12.4. The van der Waals surface area contributed by atoms with E-state index in [0.717, 1.165) is 0 Å². The van der Waals surface area contributed by atoms with Gasteiger partial charge in [0.2, 0.25) is 0 Å². The summed E-state index contributed by atoms with van der Waals surface area (Å²) < 4.78 is 20.0. The van der Waals surface area contributed by atoms with Crippen molar-refractivity contribution in [3.8, 4) is 5.75 Å². The topological polar surface area (TPSA) is 100 Å². The molecule has 0 aliphatic heterocycles. The average Bonchev–Trinajstić information content (AvgIpc) is 2.62. The van der Waals surface area contributed by atoms with Crippen LogP contribution in [-0.4, -0.2) is 45.0 Å². The van der Waals surface area contributed by atoms with Gasteiger partial charge in [-0.2, -0.15) is 0 Å². The molecule has 1 aromatic rings. The molecule has 0 saturated carbocycles. The molecule has 8 nitrogen and oxygen atoms in total. The number of nitrogens with one attached hydrogen (secondary N) is 1. The number of hydrogen-bond donors (Lipinski definition) is 1. The second-order valence-corrected chi connectivity index (χ2v) is 5.10. The number of rotatable bonds is 9. The predicted molar refractivity (Wildman–Crippen MR) is 92.6 cm³/mol. The summed E-state index contributed by atoms with van der Waals surface area (Å²) in [6.45, 7) is 5.22. The van der Waals surface area contributed by atoms with Crippen LogP contribution in [-0.2, 0) is 23.8 Å². The van der Waals surface area contributed by atoms with Crippen LogP contribution in [0.5, 0.6) is 5.75 Å². The summed E-state index contributed by atoms with van der Waals surface area (Å²) in [6, 6.07) is 5.58. The molecule has 1 atom stereocenters. The third-order valence-corrected chi connectivity index (χ3v) is 3.44. The molecule has 1 aromatic carbocycles. The van der Waals surface area contributed by atoms with E-state index in [9.17, 15) is 14.4 Å². The summed E-state index contributed by atoms with van der Waals surface area (Å²) in [6.07, 6.45) is -0.757. The molecule has 1 amide bonds. The molecular formula is C18H25NO7. The zero-order valence-corrected chi connectivity index (χ0v) is 15.4. The van der Waals surface area contributed by atoms with Crippen molar-refractivity contribution >= 4 is 18.0 Å². The van der Waals surface area contributed by atoms with Crippen molar-refractivity contribution in [1.82, 2.24) is 5.32 Å². The highest BCUT2D eigenvalue weighted by atomic mass is 16.6. The van der Waals surface area contributed by atoms with Crippen LogP contribution < -0.4 is 10.1 Å². The minimum absolute atomic E-state index is 0.0868. The number of carbonyl (C=O) groups is 3. The quantitative estimate of drug-likeness (QED) is 0.406. The van der Waals surface area contributed by atoms with Gasteiger partial charge in [-0.05, 0) is 38.5 Å². The Bertz CT molecular complexity index is 582. The lowest BCUT2D eigenvalue weighted by atomic mass is 9.92.